The molecule has 332 valence electrons. The number of aromatic hydroxyl groups is 2. The highest BCUT2D eigenvalue weighted by atomic mass is 16.6. The van der Waals surface area contributed by atoms with Crippen LogP contribution >= 0.6 is 0 Å². The molecule has 63 heavy (non-hydrogen) atoms. The Morgan fingerprint density at radius 1 is 1.02 bits per heavy atom. The van der Waals surface area contributed by atoms with Crippen LogP contribution in [-0.2, 0) is 30.4 Å². The SMILES string of the molecule is CNCOC12Cc3c4c(c5c(c3OC1c1ccc(O)c(c1)OCCC#CC2NCNCC(C)(O)CC(C)C)CCC(CO)O5)-c1ccc(O)cc1C(Cc1ccc2[nH]ccc2c1)C4. The van der Waals surface area contributed by atoms with Gasteiger partial charge in [-0.05, 0) is 134 Å². The lowest BCUT2D eigenvalue weighted by Gasteiger charge is -2.49. The fourth-order valence-corrected chi connectivity index (χ4v) is 10.5. The number of aromatic amines is 1. The minimum absolute atomic E-state index is 0.0109. The highest BCUT2D eigenvalue weighted by Gasteiger charge is 2.54. The number of aliphatic hydroxyl groups is 2. The van der Waals surface area contributed by atoms with Crippen LogP contribution in [0.25, 0.3) is 22.0 Å². The minimum Gasteiger partial charge on any atom is -0.508 e. The van der Waals surface area contributed by atoms with E-state index < -0.39 is 23.3 Å². The van der Waals surface area contributed by atoms with Crippen molar-refractivity contribution in [1.82, 2.24) is 20.9 Å². The monoisotopic (exact) mass is 856 g/mol. The van der Waals surface area contributed by atoms with Crippen molar-refractivity contribution in [2.24, 2.45) is 5.92 Å². The van der Waals surface area contributed by atoms with E-state index in [2.05, 4.69) is 70.9 Å². The number of fused-ring (bicyclic) bond motifs is 13. The predicted molar refractivity (Wildman–Crippen MR) is 242 cm³/mol. The van der Waals surface area contributed by atoms with Crippen LogP contribution in [0.2, 0.25) is 0 Å². The molecule has 0 amide bonds. The van der Waals surface area contributed by atoms with Crippen LogP contribution in [0.4, 0.5) is 0 Å². The van der Waals surface area contributed by atoms with Gasteiger partial charge < -0.3 is 49.7 Å². The van der Waals surface area contributed by atoms with Crippen molar-refractivity contribution in [2.45, 2.75) is 101 Å². The normalized spacial score (nSPS) is 23.2. The summed E-state index contributed by atoms with van der Waals surface area (Å²) >= 11 is 0. The quantitative estimate of drug-likeness (QED) is 0.0369. The molecule has 0 fully saturated rings. The second-order valence-electron chi connectivity index (χ2n) is 18.5. The number of H-pyrrole nitrogens is 1. The van der Waals surface area contributed by atoms with Crippen LogP contribution in [0, 0.1) is 17.8 Å². The second-order valence-corrected chi connectivity index (χ2v) is 18.5. The van der Waals surface area contributed by atoms with Crippen LogP contribution in [0.5, 0.6) is 28.7 Å². The Hall–Kier alpha value is -5.26. The molecular weight excluding hydrogens is 797 g/mol. The largest absolute Gasteiger partial charge is 0.508 e. The molecule has 12 nitrogen and oxygen atoms in total. The van der Waals surface area contributed by atoms with Crippen LogP contribution < -0.4 is 30.2 Å². The number of phenols is 2. The number of aliphatic hydroxyl groups excluding tert-OH is 1. The zero-order valence-electron chi connectivity index (χ0n) is 36.6. The summed E-state index contributed by atoms with van der Waals surface area (Å²) in [6.07, 6.45) is 4.87. The van der Waals surface area contributed by atoms with E-state index in [1.165, 1.54) is 5.56 Å². The number of ether oxygens (including phenoxy) is 4. The first-order valence-corrected chi connectivity index (χ1v) is 22.4. The summed E-state index contributed by atoms with van der Waals surface area (Å²) in [6, 6.07) is 19.0. The maximum Gasteiger partial charge on any atom is 0.161 e. The standard InChI is InChI=1S/C51H60N4O8/c1-30(2)24-50(3,59)27-53-28-55-45-7-5-6-18-60-44-22-33(9-15-43(44)58)49-51(45,61-29-52-4)25-41-40-21-34(20-31-8-14-42-32(19-31)16-17-54-42)39-23-35(57)10-12-37(39)46(40)48-38(47(41)63-49)13-11-36(26-56)62-48/h8-10,12,14-17,19,22-23,30,34,36,45,49,52-59H,6,11,13,18,20-21,24-29H2,1-4H3. The fraction of sp³-hybridized carbons (Fsp3) is 0.451. The van der Waals surface area contributed by atoms with Gasteiger partial charge in [0.2, 0.25) is 0 Å². The van der Waals surface area contributed by atoms with Gasteiger partial charge in [0.1, 0.15) is 35.0 Å². The fourth-order valence-electron chi connectivity index (χ4n) is 10.5. The molecule has 0 spiro atoms. The maximum atomic E-state index is 11.2. The molecule has 0 saturated carbocycles. The Morgan fingerprint density at radius 2 is 1.89 bits per heavy atom. The molecule has 4 heterocycles. The summed E-state index contributed by atoms with van der Waals surface area (Å²) in [5, 5.41) is 55.2. The van der Waals surface area contributed by atoms with E-state index in [9.17, 15) is 20.4 Å². The smallest absolute Gasteiger partial charge is 0.161 e. The topological polar surface area (TPSA) is 170 Å². The van der Waals surface area contributed by atoms with Crippen molar-refractivity contribution >= 4 is 10.9 Å². The van der Waals surface area contributed by atoms with Gasteiger partial charge in [0.15, 0.2) is 17.6 Å². The third-order valence-electron chi connectivity index (χ3n) is 13.1. The Labute approximate surface area is 369 Å². The highest BCUT2D eigenvalue weighted by Crippen LogP contribution is 2.58. The average molecular weight is 857 g/mol. The first kappa shape index (κ1) is 43.0. The number of hydrogen-bond acceptors (Lipinski definition) is 11. The summed E-state index contributed by atoms with van der Waals surface area (Å²) in [6.45, 7) is 7.12. The van der Waals surface area contributed by atoms with Crippen molar-refractivity contribution in [3.05, 3.63) is 100 Å². The molecule has 1 aliphatic carbocycles. The lowest BCUT2D eigenvalue weighted by molar-refractivity contribution is -0.141. The number of rotatable bonds is 13. The van der Waals surface area contributed by atoms with Crippen molar-refractivity contribution in [1.29, 1.82) is 0 Å². The Balaban J connectivity index is 1.22. The molecule has 6 unspecified atom stereocenters. The van der Waals surface area contributed by atoms with Crippen LogP contribution in [0.1, 0.15) is 85.4 Å². The van der Waals surface area contributed by atoms with Gasteiger partial charge in [0.05, 0.1) is 25.5 Å². The number of benzene rings is 4. The summed E-state index contributed by atoms with van der Waals surface area (Å²) in [5.74, 6) is 9.26. The molecule has 2 bridgehead atoms. The lowest BCUT2D eigenvalue weighted by Crippen LogP contribution is -2.62. The van der Waals surface area contributed by atoms with E-state index in [0.717, 1.165) is 62.0 Å². The summed E-state index contributed by atoms with van der Waals surface area (Å²) in [4.78, 5) is 3.31. The molecule has 4 aliphatic rings. The second kappa shape index (κ2) is 17.7. The molecular formula is C51H60N4O8. The van der Waals surface area contributed by atoms with E-state index in [-0.39, 0.29) is 43.5 Å². The van der Waals surface area contributed by atoms with E-state index in [4.69, 9.17) is 18.9 Å². The zero-order chi connectivity index (χ0) is 43.9. The number of aromatic nitrogens is 1. The number of phenolic OH excluding ortho intramolecular Hbond substituents is 2. The first-order valence-electron chi connectivity index (χ1n) is 22.4. The Kier molecular flexibility index (Phi) is 12.1. The molecule has 12 heteroatoms. The van der Waals surface area contributed by atoms with Crippen LogP contribution in [-0.4, -0.2) is 89.0 Å². The average Bonchev–Trinajstić information content (AvgIpc) is 3.73. The van der Waals surface area contributed by atoms with Gasteiger partial charge >= 0.3 is 0 Å². The molecule has 6 atom stereocenters. The van der Waals surface area contributed by atoms with Gasteiger partial charge in [-0.3, -0.25) is 10.6 Å². The third kappa shape index (κ3) is 8.46. The molecule has 4 aromatic carbocycles. The minimum atomic E-state index is -1.15. The molecule has 1 aromatic heterocycles. The van der Waals surface area contributed by atoms with Gasteiger partial charge in [0.25, 0.3) is 0 Å². The Morgan fingerprint density at radius 3 is 2.71 bits per heavy atom. The summed E-state index contributed by atoms with van der Waals surface area (Å²) in [5.41, 5.74) is 6.98. The van der Waals surface area contributed by atoms with Crippen molar-refractivity contribution in [3.63, 3.8) is 0 Å². The summed E-state index contributed by atoms with van der Waals surface area (Å²) < 4.78 is 27.6. The molecule has 5 aromatic rings. The van der Waals surface area contributed by atoms with Gasteiger partial charge in [-0.25, -0.2) is 0 Å². The Bertz CT molecular complexity index is 2540. The van der Waals surface area contributed by atoms with Crippen molar-refractivity contribution < 1.29 is 39.4 Å². The predicted octanol–water partition coefficient (Wildman–Crippen LogP) is 6.51. The third-order valence-corrected chi connectivity index (χ3v) is 13.1. The molecule has 9 rings (SSSR count). The first-order chi connectivity index (χ1) is 30.5. The molecule has 0 radical (unpaired) electrons. The van der Waals surface area contributed by atoms with Crippen molar-refractivity contribution in [2.75, 3.05) is 40.2 Å². The van der Waals surface area contributed by atoms with Gasteiger partial charge in [0, 0.05) is 54.5 Å². The van der Waals surface area contributed by atoms with Gasteiger partial charge in [-0.1, -0.05) is 43.9 Å². The van der Waals surface area contributed by atoms with E-state index in [0.29, 0.717) is 69.2 Å². The van der Waals surface area contributed by atoms with Gasteiger partial charge in [-0.15, -0.1) is 0 Å². The van der Waals surface area contributed by atoms with Gasteiger partial charge in [-0.2, -0.15) is 0 Å². The van der Waals surface area contributed by atoms with E-state index in [1.54, 1.807) is 12.1 Å². The van der Waals surface area contributed by atoms with Crippen LogP contribution in [0.15, 0.2) is 66.9 Å². The highest BCUT2D eigenvalue weighted by molar-refractivity contribution is 5.85. The van der Waals surface area contributed by atoms with Crippen molar-refractivity contribution in [3.8, 4) is 51.7 Å². The molecule has 3 aliphatic heterocycles. The molecule has 8 N–H and O–H groups in total. The zero-order valence-corrected chi connectivity index (χ0v) is 36.6. The van der Waals surface area contributed by atoms with E-state index >= 15 is 0 Å². The lowest BCUT2D eigenvalue weighted by atomic mass is 9.69. The number of hydrogen-bond donors (Lipinski definition) is 8. The summed E-state index contributed by atoms with van der Waals surface area (Å²) in [7, 11) is 1.85. The maximum absolute atomic E-state index is 11.2. The molecule has 0 saturated heterocycles. The number of nitrogens with one attached hydrogen (secondary N) is 4. The van der Waals surface area contributed by atoms with E-state index in [1.807, 2.05) is 44.4 Å². The van der Waals surface area contributed by atoms with Crippen LogP contribution in [0.3, 0.4) is 0 Å².